The number of aromatic carboxylic acids is 1. The number of amides is 1. The summed E-state index contributed by atoms with van der Waals surface area (Å²) in [7, 11) is 0. The molecule has 2 aliphatic heterocycles. The number of benzene rings is 2. The SMILES string of the molecule is C=C[C@@H]1Nc2ccccc2[C@H]2[C@@H]1CCN2[C@@H](C)[C@H]1CCCC[C@H]1NC(=O)c1ccc(C(=O)O)cc1. The lowest BCUT2D eigenvalue weighted by atomic mass is 9.78. The molecule has 6 atom stereocenters. The molecule has 3 N–H and O–H groups in total. The van der Waals surface area contributed by atoms with Gasteiger partial charge in [0.05, 0.1) is 5.56 Å². The maximum Gasteiger partial charge on any atom is 0.335 e. The van der Waals surface area contributed by atoms with Crippen molar-refractivity contribution in [2.24, 2.45) is 11.8 Å². The minimum atomic E-state index is -0.986. The summed E-state index contributed by atoms with van der Waals surface area (Å²) in [4.78, 5) is 26.9. The number of hydrogen-bond donors (Lipinski definition) is 3. The van der Waals surface area contributed by atoms with Gasteiger partial charge in [-0.3, -0.25) is 9.69 Å². The van der Waals surface area contributed by atoms with Gasteiger partial charge in [-0.1, -0.05) is 37.1 Å². The van der Waals surface area contributed by atoms with Crippen molar-refractivity contribution in [3.8, 4) is 0 Å². The van der Waals surface area contributed by atoms with Crippen LogP contribution in [0.4, 0.5) is 5.69 Å². The molecule has 1 saturated carbocycles. The van der Waals surface area contributed by atoms with Gasteiger partial charge in [0.15, 0.2) is 0 Å². The number of carbonyl (C=O) groups is 2. The van der Waals surface area contributed by atoms with E-state index in [1.165, 1.54) is 29.8 Å². The lowest BCUT2D eigenvalue weighted by molar-refractivity contribution is 0.0692. The summed E-state index contributed by atoms with van der Waals surface area (Å²) in [6.07, 6.45) is 7.56. The Balaban J connectivity index is 1.35. The molecule has 0 radical (unpaired) electrons. The van der Waals surface area contributed by atoms with Gasteiger partial charge in [0.1, 0.15) is 0 Å². The lowest BCUT2D eigenvalue weighted by Crippen LogP contribution is -2.51. The predicted molar refractivity (Wildman–Crippen MR) is 138 cm³/mol. The molecule has 0 aromatic heterocycles. The minimum Gasteiger partial charge on any atom is -0.478 e. The molecule has 1 amide bonds. The van der Waals surface area contributed by atoms with E-state index >= 15 is 0 Å². The first-order chi connectivity index (χ1) is 17.0. The average molecular weight is 474 g/mol. The number of para-hydroxylation sites is 1. The van der Waals surface area contributed by atoms with Crippen molar-refractivity contribution in [2.45, 2.75) is 63.2 Å². The molecule has 2 aromatic rings. The fraction of sp³-hybridized carbons (Fsp3) is 0.448. The summed E-state index contributed by atoms with van der Waals surface area (Å²) in [5, 5.41) is 16.1. The number of fused-ring (bicyclic) bond motifs is 3. The molecule has 1 aliphatic carbocycles. The Kier molecular flexibility index (Phi) is 6.65. The maximum absolute atomic E-state index is 13.1. The number of nitrogens with zero attached hydrogens (tertiary/aromatic N) is 1. The second-order valence-electron chi connectivity index (χ2n) is 10.3. The van der Waals surface area contributed by atoms with E-state index in [9.17, 15) is 9.59 Å². The van der Waals surface area contributed by atoms with Crippen molar-refractivity contribution >= 4 is 17.6 Å². The van der Waals surface area contributed by atoms with E-state index in [0.29, 0.717) is 29.5 Å². The standard InChI is InChI=1S/C29H35N3O3/c1-3-24-23-16-17-32(27(23)22-9-5-7-11-26(22)30-24)18(2)21-8-4-6-10-25(21)31-28(33)19-12-14-20(15-13-19)29(34)35/h3,5,7,9,11-15,18,21,23-25,27,30H,1,4,6,8,10,16-17H2,2H3,(H,31,33)(H,34,35)/t18-,21+,23+,24-,25+,27-/m0/s1. The zero-order valence-corrected chi connectivity index (χ0v) is 20.3. The van der Waals surface area contributed by atoms with Gasteiger partial charge in [-0.15, -0.1) is 6.58 Å². The number of carbonyl (C=O) groups excluding carboxylic acids is 1. The number of rotatable bonds is 6. The van der Waals surface area contributed by atoms with Crippen LogP contribution >= 0.6 is 0 Å². The number of nitrogens with one attached hydrogen (secondary N) is 2. The largest absolute Gasteiger partial charge is 0.478 e. The Labute approximate surface area is 207 Å². The third-order valence-electron chi connectivity index (χ3n) is 8.47. The first-order valence-electron chi connectivity index (χ1n) is 12.9. The smallest absolute Gasteiger partial charge is 0.335 e. The summed E-state index contributed by atoms with van der Waals surface area (Å²) in [6.45, 7) is 7.49. The summed E-state index contributed by atoms with van der Waals surface area (Å²) in [5.74, 6) is -0.243. The van der Waals surface area contributed by atoms with Crippen molar-refractivity contribution in [3.05, 3.63) is 77.9 Å². The van der Waals surface area contributed by atoms with Gasteiger partial charge >= 0.3 is 5.97 Å². The van der Waals surface area contributed by atoms with Crippen LogP contribution in [-0.2, 0) is 0 Å². The van der Waals surface area contributed by atoms with Crippen LogP contribution in [0.3, 0.4) is 0 Å². The second-order valence-corrected chi connectivity index (χ2v) is 10.3. The number of carboxylic acids is 1. The van der Waals surface area contributed by atoms with Crippen LogP contribution in [0.1, 0.15) is 71.3 Å². The molecule has 184 valence electrons. The van der Waals surface area contributed by atoms with Crippen LogP contribution in [0.15, 0.2) is 61.2 Å². The highest BCUT2D eigenvalue weighted by Gasteiger charge is 2.46. The van der Waals surface area contributed by atoms with Crippen LogP contribution < -0.4 is 10.6 Å². The van der Waals surface area contributed by atoms with Gasteiger partial charge in [-0.05, 0) is 74.5 Å². The molecule has 6 nitrogen and oxygen atoms in total. The van der Waals surface area contributed by atoms with E-state index in [1.807, 2.05) is 0 Å². The highest BCUT2D eigenvalue weighted by molar-refractivity contribution is 5.96. The topological polar surface area (TPSA) is 81.7 Å². The van der Waals surface area contributed by atoms with Crippen LogP contribution in [0.25, 0.3) is 0 Å². The Bertz CT molecular complexity index is 1100. The molecule has 2 heterocycles. The van der Waals surface area contributed by atoms with Crippen LogP contribution in [0.5, 0.6) is 0 Å². The van der Waals surface area contributed by atoms with Crippen molar-refractivity contribution in [2.75, 3.05) is 11.9 Å². The maximum atomic E-state index is 13.1. The number of anilines is 1. The summed E-state index contributed by atoms with van der Waals surface area (Å²) >= 11 is 0. The fourth-order valence-electron chi connectivity index (χ4n) is 6.67. The van der Waals surface area contributed by atoms with Crippen molar-refractivity contribution in [1.82, 2.24) is 10.2 Å². The van der Waals surface area contributed by atoms with Crippen molar-refractivity contribution in [3.63, 3.8) is 0 Å². The molecule has 1 saturated heterocycles. The molecular formula is C29H35N3O3. The van der Waals surface area contributed by atoms with E-state index < -0.39 is 5.97 Å². The molecule has 0 unspecified atom stereocenters. The van der Waals surface area contributed by atoms with E-state index in [0.717, 1.165) is 32.2 Å². The monoisotopic (exact) mass is 473 g/mol. The second kappa shape index (κ2) is 9.86. The van der Waals surface area contributed by atoms with Gasteiger partial charge in [-0.2, -0.15) is 0 Å². The number of likely N-dealkylation sites (tertiary alicyclic amines) is 1. The van der Waals surface area contributed by atoms with Gasteiger partial charge in [0.2, 0.25) is 0 Å². The molecule has 35 heavy (non-hydrogen) atoms. The highest BCUT2D eigenvalue weighted by atomic mass is 16.4. The third kappa shape index (κ3) is 4.47. The van der Waals surface area contributed by atoms with Crippen LogP contribution in [-0.4, -0.2) is 46.6 Å². The Hall–Kier alpha value is -3.12. The Morgan fingerprint density at radius 2 is 1.80 bits per heavy atom. The van der Waals surface area contributed by atoms with Crippen molar-refractivity contribution in [1.29, 1.82) is 0 Å². The third-order valence-corrected chi connectivity index (χ3v) is 8.47. The molecule has 2 fully saturated rings. The average Bonchev–Trinajstić information content (AvgIpc) is 3.34. The number of hydrogen-bond acceptors (Lipinski definition) is 4. The van der Waals surface area contributed by atoms with Gasteiger partial charge in [0.25, 0.3) is 5.91 Å². The number of carboxylic acid groups (broad SMARTS) is 1. The minimum absolute atomic E-state index is 0.108. The van der Waals surface area contributed by atoms with Gasteiger partial charge in [-0.25, -0.2) is 4.79 Å². The quantitative estimate of drug-likeness (QED) is 0.508. The van der Waals surface area contributed by atoms with E-state index in [2.05, 4.69) is 59.4 Å². The molecule has 2 aromatic carbocycles. The first kappa shape index (κ1) is 23.6. The summed E-state index contributed by atoms with van der Waals surface area (Å²) < 4.78 is 0. The highest BCUT2D eigenvalue weighted by Crippen LogP contribution is 2.48. The van der Waals surface area contributed by atoms with E-state index in [1.54, 1.807) is 12.1 Å². The first-order valence-corrected chi connectivity index (χ1v) is 12.9. The van der Waals surface area contributed by atoms with E-state index in [-0.39, 0.29) is 23.6 Å². The molecular weight excluding hydrogens is 438 g/mol. The van der Waals surface area contributed by atoms with Crippen molar-refractivity contribution < 1.29 is 14.7 Å². The fourth-order valence-corrected chi connectivity index (χ4v) is 6.67. The molecule has 3 aliphatic rings. The predicted octanol–water partition coefficient (Wildman–Crippen LogP) is 5.11. The summed E-state index contributed by atoms with van der Waals surface area (Å²) in [6, 6.07) is 15.9. The zero-order valence-electron chi connectivity index (χ0n) is 20.3. The molecule has 6 heteroatoms. The van der Waals surface area contributed by atoms with Gasteiger partial charge in [0, 0.05) is 41.3 Å². The molecule has 0 spiro atoms. The normalized spacial score (nSPS) is 28.8. The zero-order chi connectivity index (χ0) is 24.5. The van der Waals surface area contributed by atoms with Gasteiger partial charge < -0.3 is 15.7 Å². The van der Waals surface area contributed by atoms with Crippen LogP contribution in [0.2, 0.25) is 0 Å². The Morgan fingerprint density at radius 3 is 2.54 bits per heavy atom. The lowest BCUT2D eigenvalue weighted by Gasteiger charge is -2.45. The molecule has 5 rings (SSSR count). The summed E-state index contributed by atoms with van der Waals surface area (Å²) in [5.41, 5.74) is 3.27. The van der Waals surface area contributed by atoms with Crippen LogP contribution in [0, 0.1) is 11.8 Å². The van der Waals surface area contributed by atoms with E-state index in [4.69, 9.17) is 5.11 Å². The Morgan fingerprint density at radius 1 is 1.09 bits per heavy atom. The molecule has 0 bridgehead atoms.